The van der Waals surface area contributed by atoms with E-state index in [-0.39, 0.29) is 0 Å². The fraction of sp³-hybridized carbons (Fsp3) is 0.133. The van der Waals surface area contributed by atoms with Crippen LogP contribution >= 0.6 is 0 Å². The van der Waals surface area contributed by atoms with E-state index >= 15 is 0 Å². The highest BCUT2D eigenvalue weighted by Crippen LogP contribution is 2.32. The molecule has 0 radical (unpaired) electrons. The molecule has 1 N–H and O–H groups in total. The van der Waals surface area contributed by atoms with E-state index < -0.39 is 0 Å². The predicted molar refractivity (Wildman–Crippen MR) is 70.6 cm³/mol. The molecule has 3 nitrogen and oxygen atoms in total. The van der Waals surface area contributed by atoms with Gasteiger partial charge in [-0.2, -0.15) is 0 Å². The molecule has 0 bridgehead atoms. The molecule has 90 valence electrons. The summed E-state index contributed by atoms with van der Waals surface area (Å²) in [7, 11) is 0. The molecule has 0 atom stereocenters. The van der Waals surface area contributed by atoms with Gasteiger partial charge in [-0.15, -0.1) is 0 Å². The van der Waals surface area contributed by atoms with Crippen LogP contribution in [0.2, 0.25) is 0 Å². The standard InChI is InChI=1S/C15H13NO2/c1-9-15(10(2)18-16-9)12-7-6-11-4-3-5-14(17)13(11)8-12/h3-8,17H,1-2H3. The zero-order valence-corrected chi connectivity index (χ0v) is 10.3. The smallest absolute Gasteiger partial charge is 0.141 e. The quantitative estimate of drug-likeness (QED) is 0.702. The van der Waals surface area contributed by atoms with Gasteiger partial charge >= 0.3 is 0 Å². The summed E-state index contributed by atoms with van der Waals surface area (Å²) in [6, 6.07) is 11.5. The number of aromatic nitrogens is 1. The Balaban J connectivity index is 2.29. The van der Waals surface area contributed by atoms with Gasteiger partial charge in [0, 0.05) is 10.9 Å². The van der Waals surface area contributed by atoms with E-state index in [4.69, 9.17) is 4.52 Å². The Morgan fingerprint density at radius 1 is 1.11 bits per heavy atom. The number of benzene rings is 2. The summed E-state index contributed by atoms with van der Waals surface area (Å²) in [5.41, 5.74) is 2.88. The predicted octanol–water partition coefficient (Wildman–Crippen LogP) is 3.82. The molecule has 0 spiro atoms. The fourth-order valence-electron chi connectivity index (χ4n) is 2.31. The van der Waals surface area contributed by atoms with E-state index in [9.17, 15) is 5.11 Å². The van der Waals surface area contributed by atoms with Crippen molar-refractivity contribution in [3.8, 4) is 16.9 Å². The maximum atomic E-state index is 9.89. The van der Waals surface area contributed by atoms with Gasteiger partial charge in [0.05, 0.1) is 5.69 Å². The highest BCUT2D eigenvalue weighted by molar-refractivity contribution is 5.92. The third-order valence-corrected chi connectivity index (χ3v) is 3.18. The Hall–Kier alpha value is -2.29. The largest absolute Gasteiger partial charge is 0.507 e. The normalized spacial score (nSPS) is 11.0. The molecule has 18 heavy (non-hydrogen) atoms. The van der Waals surface area contributed by atoms with Crippen molar-refractivity contribution in [2.45, 2.75) is 13.8 Å². The van der Waals surface area contributed by atoms with Crippen LogP contribution in [0.4, 0.5) is 0 Å². The third-order valence-electron chi connectivity index (χ3n) is 3.18. The van der Waals surface area contributed by atoms with E-state index in [1.165, 1.54) is 0 Å². The summed E-state index contributed by atoms with van der Waals surface area (Å²) >= 11 is 0. The van der Waals surface area contributed by atoms with Crippen LogP contribution in [0.5, 0.6) is 5.75 Å². The zero-order chi connectivity index (χ0) is 12.7. The van der Waals surface area contributed by atoms with E-state index in [0.29, 0.717) is 5.75 Å². The maximum Gasteiger partial charge on any atom is 0.141 e. The lowest BCUT2D eigenvalue weighted by Gasteiger charge is -2.05. The number of hydrogen-bond acceptors (Lipinski definition) is 3. The lowest BCUT2D eigenvalue weighted by molar-refractivity contribution is 0.393. The van der Waals surface area contributed by atoms with E-state index in [2.05, 4.69) is 5.16 Å². The summed E-state index contributed by atoms with van der Waals surface area (Å²) in [5, 5.41) is 15.7. The minimum Gasteiger partial charge on any atom is -0.507 e. The molecule has 0 amide bonds. The van der Waals surface area contributed by atoms with Gasteiger partial charge < -0.3 is 9.63 Å². The molecule has 0 aliphatic heterocycles. The Morgan fingerprint density at radius 2 is 1.94 bits per heavy atom. The van der Waals surface area contributed by atoms with Crippen LogP contribution in [0.3, 0.4) is 0 Å². The van der Waals surface area contributed by atoms with Gasteiger partial charge in [0.1, 0.15) is 11.5 Å². The Kier molecular flexibility index (Phi) is 2.33. The van der Waals surface area contributed by atoms with Crippen LogP contribution in [0.15, 0.2) is 40.9 Å². The molecule has 2 aromatic carbocycles. The second-order valence-electron chi connectivity index (χ2n) is 4.41. The molecular weight excluding hydrogens is 226 g/mol. The summed E-state index contributed by atoms with van der Waals surface area (Å²) in [6.45, 7) is 3.81. The minimum absolute atomic E-state index is 0.293. The van der Waals surface area contributed by atoms with E-state index in [0.717, 1.165) is 33.4 Å². The van der Waals surface area contributed by atoms with Crippen LogP contribution in [-0.2, 0) is 0 Å². The first kappa shape index (κ1) is 10.8. The van der Waals surface area contributed by atoms with Crippen LogP contribution in [-0.4, -0.2) is 10.3 Å². The van der Waals surface area contributed by atoms with Crippen molar-refractivity contribution in [1.29, 1.82) is 0 Å². The Bertz CT molecular complexity index is 709. The van der Waals surface area contributed by atoms with Gasteiger partial charge in [-0.1, -0.05) is 29.4 Å². The first-order valence-electron chi connectivity index (χ1n) is 5.82. The molecule has 3 rings (SSSR count). The van der Waals surface area contributed by atoms with Crippen LogP contribution in [0, 0.1) is 13.8 Å². The van der Waals surface area contributed by atoms with Gasteiger partial charge in [0.25, 0.3) is 0 Å². The van der Waals surface area contributed by atoms with Crippen molar-refractivity contribution < 1.29 is 9.63 Å². The number of phenolic OH excluding ortho intramolecular Hbond substituents is 1. The molecule has 0 saturated carbocycles. The molecule has 1 heterocycles. The Morgan fingerprint density at radius 3 is 2.67 bits per heavy atom. The first-order valence-corrected chi connectivity index (χ1v) is 5.82. The van der Waals surface area contributed by atoms with Gasteiger partial charge in [0.15, 0.2) is 0 Å². The van der Waals surface area contributed by atoms with Crippen molar-refractivity contribution in [2.75, 3.05) is 0 Å². The average Bonchev–Trinajstić information content (AvgIpc) is 2.69. The summed E-state index contributed by atoms with van der Waals surface area (Å²) in [4.78, 5) is 0. The molecule has 0 aliphatic carbocycles. The van der Waals surface area contributed by atoms with Gasteiger partial charge in [-0.05, 0) is 36.9 Å². The Labute approximate surface area is 105 Å². The molecule has 3 heteroatoms. The van der Waals surface area contributed by atoms with Gasteiger partial charge in [0.2, 0.25) is 0 Å². The lowest BCUT2D eigenvalue weighted by Crippen LogP contribution is -1.83. The third kappa shape index (κ3) is 1.56. The molecule has 3 aromatic rings. The zero-order valence-electron chi connectivity index (χ0n) is 10.3. The van der Waals surface area contributed by atoms with Crippen LogP contribution in [0.1, 0.15) is 11.5 Å². The molecule has 1 aromatic heterocycles. The monoisotopic (exact) mass is 239 g/mol. The number of aromatic hydroxyl groups is 1. The molecule has 0 unspecified atom stereocenters. The van der Waals surface area contributed by atoms with Gasteiger partial charge in [-0.3, -0.25) is 0 Å². The number of rotatable bonds is 1. The SMILES string of the molecule is Cc1noc(C)c1-c1ccc2cccc(O)c2c1. The number of fused-ring (bicyclic) bond motifs is 1. The molecule has 0 saturated heterocycles. The topological polar surface area (TPSA) is 46.3 Å². The molecule has 0 aliphatic rings. The maximum absolute atomic E-state index is 9.89. The number of hydrogen-bond donors (Lipinski definition) is 1. The van der Waals surface area contributed by atoms with Crippen molar-refractivity contribution in [2.24, 2.45) is 0 Å². The van der Waals surface area contributed by atoms with Crippen molar-refractivity contribution >= 4 is 10.8 Å². The highest BCUT2D eigenvalue weighted by Gasteiger charge is 2.12. The van der Waals surface area contributed by atoms with Crippen LogP contribution in [0.25, 0.3) is 21.9 Å². The summed E-state index contributed by atoms with van der Waals surface area (Å²) in [6.07, 6.45) is 0. The van der Waals surface area contributed by atoms with Crippen LogP contribution < -0.4 is 0 Å². The fourth-order valence-corrected chi connectivity index (χ4v) is 2.31. The van der Waals surface area contributed by atoms with Crippen molar-refractivity contribution in [3.63, 3.8) is 0 Å². The lowest BCUT2D eigenvalue weighted by atomic mass is 10.00. The number of phenols is 1. The number of nitrogens with zero attached hydrogens (tertiary/aromatic N) is 1. The summed E-state index contributed by atoms with van der Waals surface area (Å²) in [5.74, 6) is 1.09. The molecule has 0 fully saturated rings. The second-order valence-corrected chi connectivity index (χ2v) is 4.41. The highest BCUT2D eigenvalue weighted by atomic mass is 16.5. The first-order chi connectivity index (χ1) is 8.66. The van der Waals surface area contributed by atoms with E-state index in [1.807, 2.05) is 44.2 Å². The number of aryl methyl sites for hydroxylation is 2. The average molecular weight is 239 g/mol. The van der Waals surface area contributed by atoms with Crippen molar-refractivity contribution in [3.05, 3.63) is 47.9 Å². The molecular formula is C15H13NO2. The second kappa shape index (κ2) is 3.88. The van der Waals surface area contributed by atoms with Crippen molar-refractivity contribution in [1.82, 2.24) is 5.16 Å². The summed E-state index contributed by atoms with van der Waals surface area (Å²) < 4.78 is 5.18. The minimum atomic E-state index is 0.293. The van der Waals surface area contributed by atoms with Gasteiger partial charge in [-0.25, -0.2) is 0 Å². The van der Waals surface area contributed by atoms with E-state index in [1.54, 1.807) is 6.07 Å².